The zero-order valence-electron chi connectivity index (χ0n) is 27.5. The Balaban J connectivity index is 1.39. The van der Waals surface area contributed by atoms with E-state index in [0.717, 1.165) is 34.3 Å². The summed E-state index contributed by atoms with van der Waals surface area (Å²) in [6.45, 7) is 7.19. The lowest BCUT2D eigenvalue weighted by Gasteiger charge is -2.33. The number of methoxy groups -OCH3 is 1. The summed E-state index contributed by atoms with van der Waals surface area (Å²) in [6.07, 6.45) is -1.68. The third-order valence-electron chi connectivity index (χ3n) is 9.27. The van der Waals surface area contributed by atoms with Gasteiger partial charge >= 0.3 is 0 Å². The number of likely N-dealkylation sites (tertiary alicyclic amines) is 1. The van der Waals surface area contributed by atoms with E-state index in [2.05, 4.69) is 6.58 Å². The molecule has 3 atom stereocenters. The molecule has 5 heterocycles. The molecule has 2 aromatic carbocycles. The van der Waals surface area contributed by atoms with E-state index >= 15 is 4.39 Å². The van der Waals surface area contributed by atoms with Crippen molar-refractivity contribution < 1.29 is 31.8 Å². The molecule has 1 fully saturated rings. The summed E-state index contributed by atoms with van der Waals surface area (Å²) in [7, 11) is 1.51. The Morgan fingerprint density at radius 3 is 2.50 bits per heavy atom. The van der Waals surface area contributed by atoms with Gasteiger partial charge in [-0.2, -0.15) is 5.10 Å². The summed E-state index contributed by atoms with van der Waals surface area (Å²) >= 11 is 1.39. The molecule has 50 heavy (non-hydrogen) atoms. The van der Waals surface area contributed by atoms with Gasteiger partial charge in [-0.1, -0.05) is 30.8 Å². The third-order valence-corrected chi connectivity index (χ3v) is 10.2. The molecule has 2 aliphatic heterocycles. The van der Waals surface area contributed by atoms with Crippen molar-refractivity contribution in [3.8, 4) is 39.5 Å². The van der Waals surface area contributed by atoms with E-state index < -0.39 is 24.0 Å². The lowest BCUT2D eigenvalue weighted by atomic mass is 9.96. The van der Waals surface area contributed by atoms with Crippen LogP contribution in [0.2, 0.25) is 0 Å². The van der Waals surface area contributed by atoms with Gasteiger partial charge < -0.3 is 14.4 Å². The number of nitrogens with zero attached hydrogens (tertiary/aromatic N) is 5. The maximum Gasteiger partial charge on any atom is 0.246 e. The fourth-order valence-corrected chi connectivity index (χ4v) is 7.74. The molecule has 0 aliphatic carbocycles. The average Bonchev–Trinajstić information content (AvgIpc) is 3.84. The van der Waals surface area contributed by atoms with Crippen LogP contribution in [-0.4, -0.2) is 82.8 Å². The van der Waals surface area contributed by atoms with Crippen molar-refractivity contribution in [3.63, 3.8) is 0 Å². The molecule has 3 aromatic heterocycles. The largest absolute Gasteiger partial charge is 0.490 e. The summed E-state index contributed by atoms with van der Waals surface area (Å²) < 4.78 is 71.9. The number of alkyl halides is 2. The summed E-state index contributed by atoms with van der Waals surface area (Å²) in [5.41, 5.74) is 4.32. The van der Waals surface area contributed by atoms with Gasteiger partial charge in [-0.25, -0.2) is 22.5 Å². The van der Waals surface area contributed by atoms with Crippen LogP contribution < -0.4 is 4.74 Å². The van der Waals surface area contributed by atoms with Gasteiger partial charge in [0.25, 0.3) is 0 Å². The van der Waals surface area contributed by atoms with Gasteiger partial charge in [0.05, 0.1) is 36.1 Å². The molecule has 1 amide bonds. The summed E-state index contributed by atoms with van der Waals surface area (Å²) in [5, 5.41) is 7.54. The minimum atomic E-state index is -1.48. The van der Waals surface area contributed by atoms with Crippen LogP contribution in [0.1, 0.15) is 24.2 Å². The normalized spacial score (nSPS) is 19.2. The summed E-state index contributed by atoms with van der Waals surface area (Å²) in [4.78, 5) is 21.2. The number of amides is 1. The smallest absolute Gasteiger partial charge is 0.246 e. The highest BCUT2D eigenvalue weighted by Crippen LogP contribution is 2.47. The minimum Gasteiger partial charge on any atom is -0.490 e. The Hall–Kier alpha value is -4.59. The molecule has 2 aliphatic rings. The molecule has 1 saturated heterocycles. The lowest BCUT2D eigenvalue weighted by molar-refractivity contribution is -0.129. The standard InChI is InChI=1S/C37H35F4N5O3S/c1-4-32(47)45-10-11-46-30(21(45)2)17-29(43-46)36-34(33-26(39)15-24(38)16-31(33)49-13-12-48-3)37-25(9-14-50-37)35(42-36)23-7-5-22(6-8-23)18-44-19-27(40)28(41)20-44/h4-9,14-17,21,27-28H,1,10-13,18-20H2,2-3H3/t21-,27-,28+/m1/s1. The van der Waals surface area contributed by atoms with Crippen LogP contribution in [-0.2, 0) is 22.6 Å². The van der Waals surface area contributed by atoms with Crippen molar-refractivity contribution in [3.05, 3.63) is 89.5 Å². The van der Waals surface area contributed by atoms with Crippen molar-refractivity contribution in [2.75, 3.05) is 40.0 Å². The van der Waals surface area contributed by atoms with Gasteiger partial charge in [0.2, 0.25) is 5.91 Å². The molecular formula is C37H35F4N5O3S. The minimum absolute atomic E-state index is 0.00227. The van der Waals surface area contributed by atoms with Gasteiger partial charge in [-0.05, 0) is 36.1 Å². The zero-order valence-corrected chi connectivity index (χ0v) is 28.4. The van der Waals surface area contributed by atoms with Crippen molar-refractivity contribution >= 4 is 27.3 Å². The van der Waals surface area contributed by atoms with Crippen molar-refractivity contribution in [1.82, 2.24) is 24.6 Å². The maximum atomic E-state index is 16.1. The number of benzene rings is 2. The fraction of sp³-hybridized carbons (Fsp3) is 0.324. The molecule has 260 valence electrons. The molecular weight excluding hydrogens is 670 g/mol. The second-order valence-corrected chi connectivity index (χ2v) is 13.4. The first-order valence-corrected chi connectivity index (χ1v) is 17.2. The highest BCUT2D eigenvalue weighted by atomic mass is 32.1. The first kappa shape index (κ1) is 33.9. The molecule has 0 saturated carbocycles. The van der Waals surface area contributed by atoms with Crippen LogP contribution >= 0.6 is 11.3 Å². The first-order valence-electron chi connectivity index (χ1n) is 16.3. The second kappa shape index (κ2) is 14.0. The molecule has 5 aromatic rings. The Labute approximate surface area is 290 Å². The molecule has 0 N–H and O–H groups in total. The van der Waals surface area contributed by atoms with Gasteiger partial charge in [-0.3, -0.25) is 14.4 Å². The number of hydrogen-bond donors (Lipinski definition) is 0. The average molecular weight is 706 g/mol. The van der Waals surface area contributed by atoms with Crippen molar-refractivity contribution in [1.29, 1.82) is 0 Å². The molecule has 13 heteroatoms. The van der Waals surface area contributed by atoms with E-state index in [1.165, 1.54) is 24.5 Å². The van der Waals surface area contributed by atoms with Gasteiger partial charge in [0, 0.05) is 66.6 Å². The Kier molecular flexibility index (Phi) is 9.46. The molecule has 0 unspecified atom stereocenters. The third kappa shape index (κ3) is 6.29. The second-order valence-electron chi connectivity index (χ2n) is 12.5. The predicted molar refractivity (Wildman–Crippen MR) is 184 cm³/mol. The number of ether oxygens (including phenoxy) is 2. The molecule has 8 nitrogen and oxygen atoms in total. The summed E-state index contributed by atoms with van der Waals surface area (Å²) in [6, 6.07) is 13.0. The zero-order chi connectivity index (χ0) is 35.1. The topological polar surface area (TPSA) is 72.7 Å². The Morgan fingerprint density at radius 1 is 1.02 bits per heavy atom. The molecule has 0 bridgehead atoms. The number of carbonyl (C=O) groups is 1. The van der Waals surface area contributed by atoms with Crippen molar-refractivity contribution in [2.45, 2.75) is 38.4 Å². The highest BCUT2D eigenvalue weighted by Gasteiger charge is 2.33. The quantitative estimate of drug-likeness (QED) is 0.0859. The SMILES string of the molecule is C=CC(=O)N1CCn2nc(-c3nc(-c4ccc(CN5C[C@@H](F)[C@@H](F)C5)cc4)c4ccsc4c3-c3c(F)cc(F)cc3OCCOC)cc2[C@H]1C. The van der Waals surface area contributed by atoms with Gasteiger partial charge in [0.15, 0.2) is 0 Å². The highest BCUT2D eigenvalue weighted by molar-refractivity contribution is 7.18. The maximum absolute atomic E-state index is 16.1. The van der Waals surface area contributed by atoms with Gasteiger partial charge in [0.1, 0.15) is 47.7 Å². The number of rotatable bonds is 10. The molecule has 7 rings (SSSR count). The molecule has 0 radical (unpaired) electrons. The summed E-state index contributed by atoms with van der Waals surface area (Å²) in [5.74, 6) is -1.80. The Bertz CT molecular complexity index is 2060. The van der Waals surface area contributed by atoms with E-state index in [1.807, 2.05) is 53.4 Å². The van der Waals surface area contributed by atoms with E-state index in [9.17, 15) is 18.0 Å². The number of pyridine rings is 1. The van der Waals surface area contributed by atoms with E-state index in [1.54, 1.807) is 9.80 Å². The van der Waals surface area contributed by atoms with Crippen molar-refractivity contribution in [2.24, 2.45) is 0 Å². The molecule has 0 spiro atoms. The van der Waals surface area contributed by atoms with Crippen LogP contribution in [0.5, 0.6) is 5.75 Å². The van der Waals surface area contributed by atoms with Crippen LogP contribution in [0.3, 0.4) is 0 Å². The number of hydrogen-bond acceptors (Lipinski definition) is 7. The number of fused-ring (bicyclic) bond motifs is 2. The van der Waals surface area contributed by atoms with E-state index in [-0.39, 0.29) is 49.6 Å². The van der Waals surface area contributed by atoms with Crippen LogP contribution in [0, 0.1) is 11.6 Å². The predicted octanol–water partition coefficient (Wildman–Crippen LogP) is 7.38. The van der Waals surface area contributed by atoms with Crippen LogP contribution in [0.25, 0.3) is 43.9 Å². The Morgan fingerprint density at radius 2 is 1.78 bits per heavy atom. The monoisotopic (exact) mass is 705 g/mol. The number of thiophene rings is 1. The number of carbonyl (C=O) groups excluding carboxylic acids is 1. The lowest BCUT2D eigenvalue weighted by Crippen LogP contribution is -2.40. The van der Waals surface area contributed by atoms with E-state index in [0.29, 0.717) is 47.0 Å². The van der Waals surface area contributed by atoms with E-state index in [4.69, 9.17) is 19.6 Å². The first-order chi connectivity index (χ1) is 24.2. The number of aromatic nitrogens is 3. The fourth-order valence-electron chi connectivity index (χ4n) is 6.79. The van der Waals surface area contributed by atoms with Crippen LogP contribution in [0.15, 0.2) is 66.6 Å². The van der Waals surface area contributed by atoms with Gasteiger partial charge in [-0.15, -0.1) is 11.3 Å². The number of halogens is 4. The van der Waals surface area contributed by atoms with Crippen LogP contribution in [0.4, 0.5) is 17.6 Å².